The Bertz CT molecular complexity index is 775. The molecule has 10 nitrogen and oxygen atoms in total. The highest BCUT2D eigenvalue weighted by Crippen LogP contribution is 2.31. The molecule has 1 rings (SSSR count). The van der Waals surface area contributed by atoms with Crippen LogP contribution in [0.25, 0.3) is 0 Å². The standard InChI is InChI=1S/C19H25NO9/c1-6-26-18(25)29-19(17(23)24,20-11(2)3)10-14-7-8-15(27-12(4)21)16(9-14)28-13(5)22/h7-9,11,20H,6,10H2,1-5H3,(H,23,24)/t19-/m0/s1. The van der Waals surface area contributed by atoms with Gasteiger partial charge in [-0.25, -0.2) is 9.59 Å². The van der Waals surface area contributed by atoms with Gasteiger partial charge in [-0.05, 0) is 38.5 Å². The van der Waals surface area contributed by atoms with Crippen LogP contribution >= 0.6 is 0 Å². The lowest BCUT2D eigenvalue weighted by atomic mass is 10.0. The van der Waals surface area contributed by atoms with Crippen molar-refractivity contribution in [2.45, 2.75) is 52.8 Å². The Balaban J connectivity index is 3.35. The van der Waals surface area contributed by atoms with Crippen molar-refractivity contribution in [1.82, 2.24) is 5.32 Å². The maximum atomic E-state index is 12.0. The molecule has 0 spiro atoms. The topological polar surface area (TPSA) is 137 Å². The number of hydrogen-bond acceptors (Lipinski definition) is 9. The summed E-state index contributed by atoms with van der Waals surface area (Å²) < 4.78 is 19.9. The van der Waals surface area contributed by atoms with E-state index in [0.29, 0.717) is 5.56 Å². The van der Waals surface area contributed by atoms with Gasteiger partial charge in [0.25, 0.3) is 5.72 Å². The van der Waals surface area contributed by atoms with E-state index in [4.69, 9.17) is 18.9 Å². The zero-order valence-electron chi connectivity index (χ0n) is 16.9. The van der Waals surface area contributed by atoms with Crippen molar-refractivity contribution in [2.24, 2.45) is 0 Å². The van der Waals surface area contributed by atoms with Crippen molar-refractivity contribution < 1.29 is 43.2 Å². The van der Waals surface area contributed by atoms with Crippen LogP contribution in [0.15, 0.2) is 18.2 Å². The van der Waals surface area contributed by atoms with E-state index in [1.54, 1.807) is 20.8 Å². The molecule has 0 radical (unpaired) electrons. The molecule has 0 bridgehead atoms. The van der Waals surface area contributed by atoms with E-state index in [2.05, 4.69) is 5.32 Å². The number of hydrogen-bond donors (Lipinski definition) is 2. The monoisotopic (exact) mass is 411 g/mol. The fraction of sp³-hybridized carbons (Fsp3) is 0.474. The molecule has 0 aliphatic carbocycles. The van der Waals surface area contributed by atoms with Gasteiger partial charge in [0.05, 0.1) is 6.61 Å². The highest BCUT2D eigenvalue weighted by Gasteiger charge is 2.44. The van der Waals surface area contributed by atoms with E-state index in [0.717, 1.165) is 6.92 Å². The number of rotatable bonds is 9. The van der Waals surface area contributed by atoms with Crippen LogP contribution in [-0.2, 0) is 30.3 Å². The Hall–Kier alpha value is -3.14. The number of benzene rings is 1. The first-order valence-corrected chi connectivity index (χ1v) is 8.85. The fourth-order valence-corrected chi connectivity index (χ4v) is 2.48. The van der Waals surface area contributed by atoms with Crippen LogP contribution in [0, 0.1) is 0 Å². The second kappa shape index (κ2) is 10.4. The van der Waals surface area contributed by atoms with Gasteiger partial charge in [0.15, 0.2) is 11.5 Å². The van der Waals surface area contributed by atoms with Crippen LogP contribution in [0.2, 0.25) is 0 Å². The number of carboxylic acid groups (broad SMARTS) is 1. The Morgan fingerprint density at radius 3 is 2.14 bits per heavy atom. The molecule has 0 aromatic heterocycles. The van der Waals surface area contributed by atoms with Gasteiger partial charge in [-0.2, -0.15) is 0 Å². The average molecular weight is 411 g/mol. The molecule has 0 heterocycles. The summed E-state index contributed by atoms with van der Waals surface area (Å²) >= 11 is 0. The van der Waals surface area contributed by atoms with Gasteiger partial charge in [0.2, 0.25) is 0 Å². The molecule has 1 aromatic rings. The predicted octanol–water partition coefficient (Wildman–Crippen LogP) is 2.03. The first-order valence-electron chi connectivity index (χ1n) is 8.85. The lowest BCUT2D eigenvalue weighted by Crippen LogP contribution is -2.59. The number of carbonyl (C=O) groups is 4. The normalized spacial score (nSPS) is 12.6. The maximum absolute atomic E-state index is 12.0. The SMILES string of the molecule is CCOC(=O)O[C@](Cc1ccc(OC(C)=O)c(OC(C)=O)c1)(NC(C)C)C(=O)O. The van der Waals surface area contributed by atoms with Crippen molar-refractivity contribution in [3.63, 3.8) is 0 Å². The van der Waals surface area contributed by atoms with Gasteiger partial charge in [-0.15, -0.1) is 0 Å². The molecule has 160 valence electrons. The first-order chi connectivity index (χ1) is 13.5. The molecule has 0 aliphatic rings. The van der Waals surface area contributed by atoms with E-state index in [-0.39, 0.29) is 30.6 Å². The third kappa shape index (κ3) is 7.41. The molecular formula is C19H25NO9. The van der Waals surface area contributed by atoms with Crippen LogP contribution in [-0.4, -0.2) is 47.5 Å². The summed E-state index contributed by atoms with van der Waals surface area (Å²) in [6.45, 7) is 7.26. The van der Waals surface area contributed by atoms with Crippen LogP contribution in [0.4, 0.5) is 4.79 Å². The number of esters is 2. The van der Waals surface area contributed by atoms with Gasteiger partial charge < -0.3 is 24.1 Å². The molecule has 0 saturated heterocycles. The van der Waals surface area contributed by atoms with Crippen molar-refractivity contribution >= 4 is 24.1 Å². The second-order valence-electron chi connectivity index (χ2n) is 6.36. The summed E-state index contributed by atoms with van der Waals surface area (Å²) in [7, 11) is 0. The van der Waals surface area contributed by atoms with E-state index in [9.17, 15) is 24.3 Å². The molecule has 0 amide bonds. The van der Waals surface area contributed by atoms with Gasteiger partial charge in [-0.1, -0.05) is 6.07 Å². The summed E-state index contributed by atoms with van der Waals surface area (Å²) in [4.78, 5) is 46.5. The second-order valence-corrected chi connectivity index (χ2v) is 6.36. The quantitative estimate of drug-likeness (QED) is 0.353. The zero-order chi connectivity index (χ0) is 22.2. The number of carboxylic acids is 1. The van der Waals surface area contributed by atoms with Gasteiger partial charge in [0.1, 0.15) is 0 Å². The number of aliphatic carboxylic acids is 1. The van der Waals surface area contributed by atoms with E-state index >= 15 is 0 Å². The fourth-order valence-electron chi connectivity index (χ4n) is 2.48. The Morgan fingerprint density at radius 1 is 1.07 bits per heavy atom. The van der Waals surface area contributed by atoms with E-state index in [1.807, 2.05) is 0 Å². The zero-order valence-corrected chi connectivity index (χ0v) is 16.9. The number of ether oxygens (including phenoxy) is 4. The summed E-state index contributed by atoms with van der Waals surface area (Å²) in [6.07, 6.45) is -1.48. The van der Waals surface area contributed by atoms with Crippen LogP contribution in [0.1, 0.15) is 40.2 Å². The molecule has 29 heavy (non-hydrogen) atoms. The summed E-state index contributed by atoms with van der Waals surface area (Å²) in [5.74, 6) is -2.83. The summed E-state index contributed by atoms with van der Waals surface area (Å²) in [5.41, 5.74) is -1.81. The minimum atomic E-state index is -2.14. The summed E-state index contributed by atoms with van der Waals surface area (Å²) in [5, 5.41) is 12.5. The lowest BCUT2D eigenvalue weighted by molar-refractivity contribution is -0.166. The molecule has 1 atom stereocenters. The van der Waals surface area contributed by atoms with Crippen LogP contribution < -0.4 is 14.8 Å². The van der Waals surface area contributed by atoms with Crippen molar-refractivity contribution in [3.05, 3.63) is 23.8 Å². The molecule has 0 fully saturated rings. The van der Waals surface area contributed by atoms with Gasteiger partial charge in [-0.3, -0.25) is 14.9 Å². The minimum absolute atomic E-state index is 0.00386. The molecular weight excluding hydrogens is 386 g/mol. The minimum Gasteiger partial charge on any atom is -0.477 e. The van der Waals surface area contributed by atoms with Crippen molar-refractivity contribution in [3.8, 4) is 11.5 Å². The predicted molar refractivity (Wildman–Crippen MR) is 99.5 cm³/mol. The molecule has 2 N–H and O–H groups in total. The highest BCUT2D eigenvalue weighted by atomic mass is 16.7. The lowest BCUT2D eigenvalue weighted by Gasteiger charge is -2.31. The highest BCUT2D eigenvalue weighted by molar-refractivity contribution is 5.80. The van der Waals surface area contributed by atoms with Crippen LogP contribution in [0.5, 0.6) is 11.5 Å². The summed E-state index contributed by atoms with van der Waals surface area (Å²) in [6, 6.07) is 3.77. The third-order valence-corrected chi connectivity index (χ3v) is 3.36. The van der Waals surface area contributed by atoms with Gasteiger partial charge in [0, 0.05) is 26.3 Å². The van der Waals surface area contributed by atoms with Crippen LogP contribution in [0.3, 0.4) is 0 Å². The third-order valence-electron chi connectivity index (χ3n) is 3.36. The van der Waals surface area contributed by atoms with Crippen molar-refractivity contribution in [2.75, 3.05) is 6.61 Å². The first kappa shape index (κ1) is 23.9. The smallest absolute Gasteiger partial charge is 0.477 e. The molecule has 1 aromatic carbocycles. The average Bonchev–Trinajstić information content (AvgIpc) is 2.55. The van der Waals surface area contributed by atoms with E-state index < -0.39 is 29.8 Å². The molecule has 0 aliphatic heterocycles. The number of carbonyl (C=O) groups excluding carboxylic acids is 3. The largest absolute Gasteiger partial charge is 0.510 e. The van der Waals surface area contributed by atoms with E-state index in [1.165, 1.54) is 25.1 Å². The molecule has 10 heteroatoms. The van der Waals surface area contributed by atoms with Gasteiger partial charge >= 0.3 is 24.1 Å². The maximum Gasteiger partial charge on any atom is 0.510 e. The Morgan fingerprint density at radius 2 is 1.66 bits per heavy atom. The Kier molecular flexibility index (Phi) is 8.58. The molecule has 0 unspecified atom stereocenters. The number of nitrogens with one attached hydrogen (secondary N) is 1. The Labute approximate surface area is 168 Å². The molecule has 0 saturated carbocycles. The van der Waals surface area contributed by atoms with Crippen molar-refractivity contribution in [1.29, 1.82) is 0 Å².